The quantitative estimate of drug-likeness (QED) is 0.756. The van der Waals surface area contributed by atoms with E-state index in [1.54, 1.807) is 25.3 Å². The third kappa shape index (κ3) is 5.99. The molecule has 1 N–H and O–H groups in total. The van der Waals surface area contributed by atoms with E-state index in [9.17, 15) is 9.50 Å². The van der Waals surface area contributed by atoms with Gasteiger partial charge in [-0.1, -0.05) is 32.0 Å². The number of rotatable bonds is 9. The molecule has 0 fully saturated rings. The fraction of sp³-hybridized carbons (Fsp3) is 0.625. The van der Waals surface area contributed by atoms with Crippen LogP contribution in [0.5, 0.6) is 0 Å². The van der Waals surface area contributed by atoms with Crippen LogP contribution in [0, 0.1) is 11.7 Å². The smallest absolute Gasteiger partial charge is 0.128 e. The molecule has 1 aromatic carbocycles. The summed E-state index contributed by atoms with van der Waals surface area (Å²) >= 11 is 0. The van der Waals surface area contributed by atoms with Crippen LogP contribution in [0.1, 0.15) is 31.9 Å². The molecule has 0 saturated carbocycles. The molecule has 3 nitrogen and oxygen atoms in total. The molecule has 0 bridgehead atoms. The van der Waals surface area contributed by atoms with Crippen molar-refractivity contribution in [3.8, 4) is 0 Å². The van der Waals surface area contributed by atoms with Crippen molar-refractivity contribution in [2.45, 2.75) is 26.4 Å². The molecule has 1 atom stereocenters. The van der Waals surface area contributed by atoms with E-state index in [1.165, 1.54) is 6.07 Å². The molecule has 0 saturated heterocycles. The van der Waals surface area contributed by atoms with Crippen LogP contribution in [0.2, 0.25) is 0 Å². The Kier molecular flexibility index (Phi) is 7.73. The third-order valence-electron chi connectivity index (χ3n) is 3.22. The van der Waals surface area contributed by atoms with E-state index in [-0.39, 0.29) is 5.82 Å². The van der Waals surface area contributed by atoms with Crippen molar-refractivity contribution in [3.63, 3.8) is 0 Å². The number of nitrogens with zero attached hydrogens (tertiary/aromatic N) is 1. The monoisotopic (exact) mass is 283 g/mol. The van der Waals surface area contributed by atoms with Gasteiger partial charge in [-0.2, -0.15) is 0 Å². The Hall–Kier alpha value is -0.970. The zero-order valence-corrected chi connectivity index (χ0v) is 12.7. The number of methoxy groups -OCH3 is 1. The second-order valence-electron chi connectivity index (χ2n) is 5.51. The van der Waals surface area contributed by atoms with E-state index in [0.717, 1.165) is 19.6 Å². The van der Waals surface area contributed by atoms with Gasteiger partial charge in [-0.25, -0.2) is 4.39 Å². The van der Waals surface area contributed by atoms with E-state index >= 15 is 0 Å². The van der Waals surface area contributed by atoms with Gasteiger partial charge in [0.25, 0.3) is 0 Å². The number of aliphatic hydroxyl groups is 1. The van der Waals surface area contributed by atoms with Crippen LogP contribution in [0.15, 0.2) is 24.3 Å². The van der Waals surface area contributed by atoms with Crippen LogP contribution in [-0.2, 0) is 4.74 Å². The van der Waals surface area contributed by atoms with Crippen molar-refractivity contribution in [2.75, 3.05) is 33.4 Å². The highest BCUT2D eigenvalue weighted by Gasteiger charge is 2.14. The topological polar surface area (TPSA) is 32.7 Å². The Morgan fingerprint density at radius 2 is 1.95 bits per heavy atom. The molecule has 0 aliphatic carbocycles. The average molecular weight is 283 g/mol. The standard InChI is InChI=1S/C16H26FNO2/c1-13(2)12-18(10-11-20-3)9-8-16(19)14-6-4-5-7-15(14)17/h4-7,13,16,19H,8-12H2,1-3H3. The molecule has 0 radical (unpaired) electrons. The van der Waals surface area contributed by atoms with Gasteiger partial charge in [0, 0.05) is 32.3 Å². The Balaban J connectivity index is 2.51. The predicted octanol–water partition coefficient (Wildman–Crippen LogP) is 2.85. The molecule has 0 amide bonds. The van der Waals surface area contributed by atoms with Crippen LogP contribution >= 0.6 is 0 Å². The van der Waals surface area contributed by atoms with Crippen molar-refractivity contribution in [3.05, 3.63) is 35.6 Å². The molecule has 0 aliphatic rings. The van der Waals surface area contributed by atoms with Gasteiger partial charge >= 0.3 is 0 Å². The summed E-state index contributed by atoms with van der Waals surface area (Å²) in [5.74, 6) is 0.213. The minimum Gasteiger partial charge on any atom is -0.388 e. The minimum atomic E-state index is -0.756. The third-order valence-corrected chi connectivity index (χ3v) is 3.22. The van der Waals surface area contributed by atoms with Gasteiger partial charge in [0.05, 0.1) is 12.7 Å². The first-order valence-electron chi connectivity index (χ1n) is 7.18. The lowest BCUT2D eigenvalue weighted by atomic mass is 10.1. The Labute approximate surface area is 121 Å². The van der Waals surface area contributed by atoms with Crippen molar-refractivity contribution < 1.29 is 14.2 Å². The maximum absolute atomic E-state index is 13.6. The van der Waals surface area contributed by atoms with Crippen LogP contribution in [0.3, 0.4) is 0 Å². The highest BCUT2D eigenvalue weighted by Crippen LogP contribution is 2.20. The summed E-state index contributed by atoms with van der Waals surface area (Å²) in [6.07, 6.45) is -0.231. The van der Waals surface area contributed by atoms with Crippen LogP contribution in [0.4, 0.5) is 4.39 Å². The van der Waals surface area contributed by atoms with Gasteiger partial charge in [0.15, 0.2) is 0 Å². The molecule has 0 aromatic heterocycles. The summed E-state index contributed by atoms with van der Waals surface area (Å²) in [5, 5.41) is 10.1. The van der Waals surface area contributed by atoms with Crippen molar-refractivity contribution in [1.29, 1.82) is 0 Å². The number of ether oxygens (including phenoxy) is 1. The summed E-state index contributed by atoms with van der Waals surface area (Å²) in [4.78, 5) is 2.25. The molecular formula is C16H26FNO2. The summed E-state index contributed by atoms with van der Waals surface area (Å²) in [6.45, 7) is 7.51. The van der Waals surface area contributed by atoms with E-state index < -0.39 is 6.10 Å². The van der Waals surface area contributed by atoms with Gasteiger partial charge in [-0.3, -0.25) is 0 Å². The van der Waals surface area contributed by atoms with Crippen LogP contribution < -0.4 is 0 Å². The second-order valence-corrected chi connectivity index (χ2v) is 5.51. The predicted molar refractivity (Wildman–Crippen MR) is 79.1 cm³/mol. The summed E-state index contributed by atoms with van der Waals surface area (Å²) in [6, 6.07) is 6.41. The van der Waals surface area contributed by atoms with E-state index in [0.29, 0.717) is 24.5 Å². The zero-order chi connectivity index (χ0) is 15.0. The number of halogens is 1. The van der Waals surface area contributed by atoms with E-state index in [1.807, 2.05) is 0 Å². The van der Waals surface area contributed by atoms with Crippen molar-refractivity contribution >= 4 is 0 Å². The molecule has 1 unspecified atom stereocenters. The van der Waals surface area contributed by atoms with Gasteiger partial charge in [-0.15, -0.1) is 0 Å². The number of hydrogen-bond donors (Lipinski definition) is 1. The second kappa shape index (κ2) is 9.06. The van der Waals surface area contributed by atoms with Crippen LogP contribution in [0.25, 0.3) is 0 Å². The van der Waals surface area contributed by atoms with Crippen molar-refractivity contribution in [1.82, 2.24) is 4.90 Å². The lowest BCUT2D eigenvalue weighted by molar-refractivity contribution is 0.109. The summed E-state index contributed by atoms with van der Waals surface area (Å²) < 4.78 is 18.7. The molecule has 0 heterocycles. The number of benzene rings is 1. The Morgan fingerprint density at radius 1 is 1.25 bits per heavy atom. The highest BCUT2D eigenvalue weighted by atomic mass is 19.1. The minimum absolute atomic E-state index is 0.340. The van der Waals surface area contributed by atoms with E-state index in [4.69, 9.17) is 4.74 Å². The maximum atomic E-state index is 13.6. The largest absolute Gasteiger partial charge is 0.388 e. The fourth-order valence-corrected chi connectivity index (χ4v) is 2.24. The van der Waals surface area contributed by atoms with Crippen molar-refractivity contribution in [2.24, 2.45) is 5.92 Å². The SMILES string of the molecule is COCCN(CCC(O)c1ccccc1F)CC(C)C. The molecule has 114 valence electrons. The summed E-state index contributed by atoms with van der Waals surface area (Å²) in [7, 11) is 1.68. The first-order chi connectivity index (χ1) is 9.54. The van der Waals surface area contributed by atoms with E-state index in [2.05, 4.69) is 18.7 Å². The molecule has 1 aromatic rings. The molecule has 1 rings (SSSR count). The molecule has 0 aliphatic heterocycles. The fourth-order valence-electron chi connectivity index (χ4n) is 2.24. The lowest BCUT2D eigenvalue weighted by Crippen LogP contribution is -2.32. The molecule has 20 heavy (non-hydrogen) atoms. The van der Waals surface area contributed by atoms with Crippen LogP contribution in [-0.4, -0.2) is 43.4 Å². The first-order valence-corrected chi connectivity index (χ1v) is 7.18. The lowest BCUT2D eigenvalue weighted by Gasteiger charge is -2.25. The number of hydrogen-bond acceptors (Lipinski definition) is 3. The average Bonchev–Trinajstić information content (AvgIpc) is 2.41. The maximum Gasteiger partial charge on any atom is 0.128 e. The zero-order valence-electron chi connectivity index (χ0n) is 12.7. The molecular weight excluding hydrogens is 257 g/mol. The Bertz CT molecular complexity index is 384. The number of aliphatic hydroxyl groups excluding tert-OH is 1. The Morgan fingerprint density at radius 3 is 2.55 bits per heavy atom. The molecule has 4 heteroatoms. The van der Waals surface area contributed by atoms with Gasteiger partial charge in [-0.05, 0) is 18.4 Å². The van der Waals surface area contributed by atoms with Gasteiger partial charge in [0.1, 0.15) is 5.82 Å². The highest BCUT2D eigenvalue weighted by molar-refractivity contribution is 5.19. The molecule has 0 spiro atoms. The normalized spacial score (nSPS) is 13.2. The first kappa shape index (κ1) is 17.1. The summed E-state index contributed by atoms with van der Waals surface area (Å²) in [5.41, 5.74) is 0.378. The van der Waals surface area contributed by atoms with Gasteiger partial charge in [0.2, 0.25) is 0 Å². The van der Waals surface area contributed by atoms with Gasteiger partial charge < -0.3 is 14.7 Å².